The third-order valence-electron chi connectivity index (χ3n) is 1.28. The molecular formula is C7H16N2O3. The first-order valence-corrected chi connectivity index (χ1v) is 3.78. The third-order valence-corrected chi connectivity index (χ3v) is 1.28. The first kappa shape index (κ1) is 11.4. The van der Waals surface area contributed by atoms with E-state index in [0.29, 0.717) is 0 Å². The summed E-state index contributed by atoms with van der Waals surface area (Å²) in [5.74, 6) is -0.273. The quantitative estimate of drug-likeness (QED) is 0.474. The van der Waals surface area contributed by atoms with Crippen molar-refractivity contribution in [3.05, 3.63) is 0 Å². The van der Waals surface area contributed by atoms with Crippen LogP contribution >= 0.6 is 0 Å². The molecule has 1 amide bonds. The summed E-state index contributed by atoms with van der Waals surface area (Å²) < 4.78 is 4.66. The van der Waals surface area contributed by atoms with Crippen LogP contribution in [0.1, 0.15) is 6.92 Å². The van der Waals surface area contributed by atoms with Gasteiger partial charge in [0.15, 0.2) is 0 Å². The molecule has 72 valence electrons. The molecule has 5 heteroatoms. The molecule has 2 atom stereocenters. The first-order chi connectivity index (χ1) is 5.57. The average molecular weight is 176 g/mol. The van der Waals surface area contributed by atoms with Gasteiger partial charge in [0.25, 0.3) is 0 Å². The van der Waals surface area contributed by atoms with Gasteiger partial charge in [0.05, 0.1) is 18.8 Å². The lowest BCUT2D eigenvalue weighted by molar-refractivity contribution is -0.122. The molecule has 0 radical (unpaired) electrons. The van der Waals surface area contributed by atoms with Crippen LogP contribution in [0.25, 0.3) is 0 Å². The Kier molecular flexibility index (Phi) is 5.61. The van der Waals surface area contributed by atoms with Gasteiger partial charge in [-0.05, 0) is 6.92 Å². The maximum Gasteiger partial charge on any atom is 0.236 e. The van der Waals surface area contributed by atoms with E-state index in [1.54, 1.807) is 6.92 Å². The normalized spacial score (nSPS) is 15.3. The highest BCUT2D eigenvalue weighted by molar-refractivity contribution is 5.80. The minimum atomic E-state index is -0.669. The van der Waals surface area contributed by atoms with Gasteiger partial charge in [-0.25, -0.2) is 0 Å². The fraction of sp³-hybridized carbons (Fsp3) is 0.857. The predicted octanol–water partition coefficient (Wildman–Crippen LogP) is -1.54. The highest BCUT2D eigenvalue weighted by Gasteiger charge is 2.09. The zero-order chi connectivity index (χ0) is 9.56. The van der Waals surface area contributed by atoms with Crippen LogP contribution in [0.3, 0.4) is 0 Å². The topological polar surface area (TPSA) is 84.6 Å². The third kappa shape index (κ3) is 5.06. The number of hydrogen-bond acceptors (Lipinski definition) is 4. The molecule has 0 bridgehead atoms. The maximum absolute atomic E-state index is 10.9. The molecule has 5 nitrogen and oxygen atoms in total. The summed E-state index contributed by atoms with van der Waals surface area (Å²) in [6, 6.07) is -0.542. The van der Waals surface area contributed by atoms with E-state index in [4.69, 9.17) is 10.8 Å². The molecule has 0 saturated carbocycles. The summed E-state index contributed by atoms with van der Waals surface area (Å²) in [5.41, 5.74) is 5.27. The molecule has 0 aromatic rings. The zero-order valence-corrected chi connectivity index (χ0v) is 7.41. The second kappa shape index (κ2) is 5.93. The molecule has 12 heavy (non-hydrogen) atoms. The molecule has 0 aliphatic heterocycles. The van der Waals surface area contributed by atoms with Crippen LogP contribution < -0.4 is 11.1 Å². The Balaban J connectivity index is 3.47. The summed E-state index contributed by atoms with van der Waals surface area (Å²) in [7, 11) is 1.48. The Bertz CT molecular complexity index is 139. The van der Waals surface area contributed by atoms with Crippen molar-refractivity contribution >= 4 is 5.91 Å². The number of rotatable bonds is 5. The molecule has 0 spiro atoms. The van der Waals surface area contributed by atoms with Crippen molar-refractivity contribution in [2.45, 2.75) is 19.1 Å². The maximum atomic E-state index is 10.9. The Morgan fingerprint density at radius 3 is 2.75 bits per heavy atom. The van der Waals surface area contributed by atoms with Gasteiger partial charge in [-0.2, -0.15) is 0 Å². The molecule has 0 heterocycles. The summed E-state index contributed by atoms with van der Waals surface area (Å²) in [5, 5.41) is 11.6. The number of carbonyl (C=O) groups is 1. The van der Waals surface area contributed by atoms with E-state index in [2.05, 4.69) is 10.1 Å². The SMILES string of the molecule is COCC(O)CNC(=O)[C@@H](C)N. The van der Waals surface area contributed by atoms with Gasteiger partial charge < -0.3 is 20.9 Å². The molecule has 0 aliphatic rings. The molecule has 4 N–H and O–H groups in total. The van der Waals surface area contributed by atoms with Gasteiger partial charge >= 0.3 is 0 Å². The van der Waals surface area contributed by atoms with E-state index in [1.165, 1.54) is 7.11 Å². The minimum Gasteiger partial charge on any atom is -0.389 e. The highest BCUT2D eigenvalue weighted by atomic mass is 16.5. The number of amides is 1. The van der Waals surface area contributed by atoms with E-state index < -0.39 is 12.1 Å². The van der Waals surface area contributed by atoms with Crippen LogP contribution in [0.2, 0.25) is 0 Å². The van der Waals surface area contributed by atoms with Gasteiger partial charge in [0.1, 0.15) is 0 Å². The van der Waals surface area contributed by atoms with Gasteiger partial charge in [-0.3, -0.25) is 4.79 Å². The van der Waals surface area contributed by atoms with Crippen LogP contribution in [0.4, 0.5) is 0 Å². The first-order valence-electron chi connectivity index (χ1n) is 3.78. The molecule has 0 saturated heterocycles. The number of hydrogen-bond donors (Lipinski definition) is 3. The van der Waals surface area contributed by atoms with Crippen molar-refractivity contribution in [1.82, 2.24) is 5.32 Å². The number of nitrogens with two attached hydrogens (primary N) is 1. The fourth-order valence-electron chi connectivity index (χ4n) is 0.631. The molecule has 0 fully saturated rings. The van der Waals surface area contributed by atoms with Crippen LogP contribution in [-0.2, 0) is 9.53 Å². The highest BCUT2D eigenvalue weighted by Crippen LogP contribution is 1.82. The van der Waals surface area contributed by atoms with Crippen LogP contribution in [0.15, 0.2) is 0 Å². The van der Waals surface area contributed by atoms with Crippen molar-refractivity contribution in [2.75, 3.05) is 20.3 Å². The summed E-state index contributed by atoms with van der Waals surface area (Å²) in [6.45, 7) is 1.96. The lowest BCUT2D eigenvalue weighted by Gasteiger charge is -2.11. The molecule has 0 aromatic heterocycles. The number of carbonyl (C=O) groups excluding carboxylic acids is 1. The van der Waals surface area contributed by atoms with Crippen molar-refractivity contribution in [3.8, 4) is 0 Å². The standard InChI is InChI=1S/C7H16N2O3/c1-5(8)7(11)9-3-6(10)4-12-2/h5-6,10H,3-4,8H2,1-2H3,(H,9,11)/t5-,6?/m1/s1. The molecule has 0 aliphatic carbocycles. The lowest BCUT2D eigenvalue weighted by atomic mass is 10.3. The zero-order valence-electron chi connectivity index (χ0n) is 7.41. The van der Waals surface area contributed by atoms with Crippen molar-refractivity contribution in [2.24, 2.45) is 5.73 Å². The van der Waals surface area contributed by atoms with E-state index in [9.17, 15) is 4.79 Å². The Morgan fingerprint density at radius 1 is 1.75 bits per heavy atom. The largest absolute Gasteiger partial charge is 0.389 e. The number of ether oxygens (including phenoxy) is 1. The van der Waals surface area contributed by atoms with E-state index in [1.807, 2.05) is 0 Å². The van der Waals surface area contributed by atoms with E-state index in [-0.39, 0.29) is 19.1 Å². The lowest BCUT2D eigenvalue weighted by Crippen LogP contribution is -2.42. The van der Waals surface area contributed by atoms with Gasteiger partial charge in [-0.15, -0.1) is 0 Å². The predicted molar refractivity (Wildman–Crippen MR) is 44.5 cm³/mol. The van der Waals surface area contributed by atoms with Crippen LogP contribution in [0, 0.1) is 0 Å². The van der Waals surface area contributed by atoms with Crippen molar-refractivity contribution in [1.29, 1.82) is 0 Å². The van der Waals surface area contributed by atoms with Gasteiger partial charge in [0.2, 0.25) is 5.91 Å². The van der Waals surface area contributed by atoms with Crippen molar-refractivity contribution < 1.29 is 14.6 Å². The minimum absolute atomic E-state index is 0.175. The number of aliphatic hydroxyl groups is 1. The Morgan fingerprint density at radius 2 is 2.33 bits per heavy atom. The van der Waals surface area contributed by atoms with Crippen molar-refractivity contribution in [3.63, 3.8) is 0 Å². The van der Waals surface area contributed by atoms with Crippen LogP contribution in [0.5, 0.6) is 0 Å². The molecule has 0 rings (SSSR count). The Labute approximate surface area is 71.9 Å². The molecular weight excluding hydrogens is 160 g/mol. The van der Waals surface area contributed by atoms with Gasteiger partial charge in [0, 0.05) is 13.7 Å². The summed E-state index contributed by atoms with van der Waals surface area (Å²) in [4.78, 5) is 10.9. The molecule has 1 unspecified atom stereocenters. The Hall–Kier alpha value is -0.650. The second-order valence-electron chi connectivity index (χ2n) is 2.64. The van der Waals surface area contributed by atoms with Gasteiger partial charge in [-0.1, -0.05) is 0 Å². The number of aliphatic hydroxyl groups excluding tert-OH is 1. The number of nitrogens with one attached hydrogen (secondary N) is 1. The van der Waals surface area contributed by atoms with Crippen LogP contribution in [-0.4, -0.2) is 43.4 Å². The summed E-state index contributed by atoms with van der Waals surface area (Å²) >= 11 is 0. The monoisotopic (exact) mass is 176 g/mol. The molecule has 0 aromatic carbocycles. The summed E-state index contributed by atoms with van der Waals surface area (Å²) in [6.07, 6.45) is -0.669. The average Bonchev–Trinajstić information content (AvgIpc) is 2.00. The van der Waals surface area contributed by atoms with E-state index in [0.717, 1.165) is 0 Å². The fourth-order valence-corrected chi connectivity index (χ4v) is 0.631. The number of methoxy groups -OCH3 is 1. The smallest absolute Gasteiger partial charge is 0.236 e. The van der Waals surface area contributed by atoms with E-state index >= 15 is 0 Å². The second-order valence-corrected chi connectivity index (χ2v) is 2.64.